The molecule has 0 bridgehead atoms. The Morgan fingerprint density at radius 3 is 2.71 bits per heavy atom. The van der Waals surface area contributed by atoms with Crippen LogP contribution in [0, 0.1) is 11.8 Å². The van der Waals surface area contributed by atoms with Gasteiger partial charge in [0.15, 0.2) is 0 Å². The normalized spacial score (nSPS) is 24.3. The van der Waals surface area contributed by atoms with Gasteiger partial charge in [-0.2, -0.15) is 0 Å². The number of furan rings is 1. The van der Waals surface area contributed by atoms with Crippen LogP contribution >= 0.6 is 0 Å². The van der Waals surface area contributed by atoms with Gasteiger partial charge in [-0.15, -0.1) is 0 Å². The first-order chi connectivity index (χ1) is 11.4. The highest BCUT2D eigenvalue weighted by molar-refractivity contribution is 5.73. The summed E-state index contributed by atoms with van der Waals surface area (Å²) in [5.41, 5.74) is -1.21. The van der Waals surface area contributed by atoms with Crippen molar-refractivity contribution in [3.05, 3.63) is 24.2 Å². The number of nitrogens with one attached hydrogen (secondary N) is 2. The predicted molar refractivity (Wildman–Crippen MR) is 93.7 cm³/mol. The highest BCUT2D eigenvalue weighted by Gasteiger charge is 2.26. The van der Waals surface area contributed by atoms with E-state index in [1.165, 1.54) is 12.7 Å². The minimum atomic E-state index is -1.21. The third-order valence-corrected chi connectivity index (χ3v) is 4.53. The van der Waals surface area contributed by atoms with E-state index >= 15 is 0 Å². The lowest BCUT2D eigenvalue weighted by Gasteiger charge is -2.34. The number of piperidine rings is 1. The lowest BCUT2D eigenvalue weighted by molar-refractivity contribution is 0.0367. The minimum Gasteiger partial charge on any atom is -0.466 e. The van der Waals surface area contributed by atoms with Gasteiger partial charge in [0.2, 0.25) is 0 Å². The van der Waals surface area contributed by atoms with Crippen LogP contribution in [0.5, 0.6) is 0 Å². The zero-order chi connectivity index (χ0) is 17.6. The number of rotatable bonds is 7. The Balaban J connectivity index is 1.60. The Morgan fingerprint density at radius 2 is 2.08 bits per heavy atom. The molecule has 1 saturated heterocycles. The summed E-state index contributed by atoms with van der Waals surface area (Å²) in [6.07, 6.45) is 3.75. The fourth-order valence-corrected chi connectivity index (χ4v) is 3.47. The monoisotopic (exact) mass is 337 g/mol. The summed E-state index contributed by atoms with van der Waals surface area (Å²) in [5.74, 6) is 1.96. The zero-order valence-corrected chi connectivity index (χ0v) is 15.0. The van der Waals surface area contributed by atoms with E-state index in [4.69, 9.17) is 4.42 Å². The molecule has 2 heterocycles. The van der Waals surface area contributed by atoms with Gasteiger partial charge >= 0.3 is 6.03 Å². The quantitative estimate of drug-likeness (QED) is 0.666. The topological polar surface area (TPSA) is 77.7 Å². The smallest absolute Gasteiger partial charge is 0.314 e. The van der Waals surface area contributed by atoms with E-state index in [-0.39, 0.29) is 12.6 Å². The van der Waals surface area contributed by atoms with Gasteiger partial charge in [-0.05, 0) is 50.3 Å². The molecule has 24 heavy (non-hydrogen) atoms. The Bertz CT molecular complexity index is 492. The van der Waals surface area contributed by atoms with Crippen molar-refractivity contribution in [2.75, 3.05) is 32.7 Å². The van der Waals surface area contributed by atoms with Gasteiger partial charge in [0.1, 0.15) is 11.4 Å². The van der Waals surface area contributed by atoms with Crippen LogP contribution in [0.1, 0.15) is 39.4 Å². The van der Waals surface area contributed by atoms with Crippen LogP contribution in [0.2, 0.25) is 0 Å². The molecule has 136 valence electrons. The fourth-order valence-electron chi connectivity index (χ4n) is 3.47. The molecule has 1 aromatic rings. The maximum Gasteiger partial charge on any atom is 0.314 e. The number of nitrogens with zero attached hydrogens (tertiary/aromatic N) is 1. The molecule has 6 heteroatoms. The Morgan fingerprint density at radius 1 is 1.38 bits per heavy atom. The second-order valence-electron chi connectivity index (χ2n) is 7.42. The molecular formula is C18H31N3O3. The number of carbonyl (C=O) groups is 1. The summed E-state index contributed by atoms with van der Waals surface area (Å²) in [6.45, 7) is 10.3. The summed E-state index contributed by atoms with van der Waals surface area (Å²) in [7, 11) is 0. The van der Waals surface area contributed by atoms with Crippen molar-refractivity contribution in [2.24, 2.45) is 11.8 Å². The van der Waals surface area contributed by atoms with Crippen LogP contribution in [0.4, 0.5) is 4.79 Å². The van der Waals surface area contributed by atoms with Crippen LogP contribution in [0.15, 0.2) is 22.8 Å². The van der Waals surface area contributed by atoms with Gasteiger partial charge in [0.05, 0.1) is 12.8 Å². The summed E-state index contributed by atoms with van der Waals surface area (Å²) >= 11 is 0. The third-order valence-electron chi connectivity index (χ3n) is 4.53. The molecule has 3 N–H and O–H groups in total. The van der Waals surface area contributed by atoms with Crippen LogP contribution in [-0.2, 0) is 5.60 Å². The number of likely N-dealkylation sites (tertiary alicyclic amines) is 1. The van der Waals surface area contributed by atoms with Gasteiger partial charge in [-0.3, -0.25) is 0 Å². The highest BCUT2D eigenvalue weighted by Crippen LogP contribution is 2.21. The second kappa shape index (κ2) is 8.53. The first-order valence-electron chi connectivity index (χ1n) is 8.87. The molecule has 1 aliphatic heterocycles. The van der Waals surface area contributed by atoms with E-state index in [0.717, 1.165) is 37.9 Å². The molecule has 0 aromatic carbocycles. The molecular weight excluding hydrogens is 306 g/mol. The van der Waals surface area contributed by atoms with Crippen molar-refractivity contribution in [1.82, 2.24) is 15.5 Å². The fraction of sp³-hybridized carbons (Fsp3) is 0.722. The molecule has 3 atom stereocenters. The number of aliphatic hydroxyl groups is 1. The van der Waals surface area contributed by atoms with Crippen LogP contribution in [0.3, 0.4) is 0 Å². The molecule has 2 amide bonds. The molecule has 1 aliphatic rings. The summed E-state index contributed by atoms with van der Waals surface area (Å²) in [5, 5.41) is 15.8. The Hall–Kier alpha value is -1.53. The third kappa shape index (κ3) is 5.83. The van der Waals surface area contributed by atoms with Crippen LogP contribution in [0.25, 0.3) is 0 Å². The number of urea groups is 1. The maximum atomic E-state index is 11.8. The molecule has 1 fully saturated rings. The van der Waals surface area contributed by atoms with E-state index < -0.39 is 5.60 Å². The second-order valence-corrected chi connectivity index (χ2v) is 7.42. The van der Waals surface area contributed by atoms with E-state index in [2.05, 4.69) is 29.4 Å². The Labute approximate surface area is 144 Å². The van der Waals surface area contributed by atoms with E-state index in [0.29, 0.717) is 12.3 Å². The van der Waals surface area contributed by atoms with Crippen molar-refractivity contribution in [1.29, 1.82) is 0 Å². The number of hydrogen-bond acceptors (Lipinski definition) is 4. The molecule has 1 aromatic heterocycles. The summed E-state index contributed by atoms with van der Waals surface area (Å²) in [4.78, 5) is 14.3. The molecule has 3 unspecified atom stereocenters. The molecule has 2 rings (SSSR count). The van der Waals surface area contributed by atoms with Gasteiger partial charge in [-0.1, -0.05) is 13.8 Å². The molecule has 0 spiro atoms. The van der Waals surface area contributed by atoms with Crippen molar-refractivity contribution in [2.45, 2.75) is 39.2 Å². The summed E-state index contributed by atoms with van der Waals surface area (Å²) < 4.78 is 5.19. The largest absolute Gasteiger partial charge is 0.466 e. The van der Waals surface area contributed by atoms with E-state index in [1.807, 2.05) is 0 Å². The molecule has 0 saturated carbocycles. The molecule has 0 aliphatic carbocycles. The lowest BCUT2D eigenvalue weighted by atomic mass is 9.92. The van der Waals surface area contributed by atoms with Crippen LogP contribution < -0.4 is 10.6 Å². The standard InChI is InChI=1S/C18H31N3O3/c1-14-10-15(2)12-21(11-14)8-5-7-19-17(22)20-13-18(3,23)16-6-4-9-24-16/h4,6,9,14-15,23H,5,7-8,10-13H2,1-3H3,(H2,19,20,22). The van der Waals surface area contributed by atoms with Crippen molar-refractivity contribution < 1.29 is 14.3 Å². The van der Waals surface area contributed by atoms with Gasteiger partial charge in [0.25, 0.3) is 0 Å². The zero-order valence-electron chi connectivity index (χ0n) is 15.0. The average molecular weight is 337 g/mol. The first-order valence-corrected chi connectivity index (χ1v) is 8.87. The average Bonchev–Trinajstić information content (AvgIpc) is 3.04. The predicted octanol–water partition coefficient (Wildman–Crippen LogP) is 2.15. The SMILES string of the molecule is CC1CC(C)CN(CCCNC(=O)NCC(C)(O)c2ccco2)C1. The van der Waals surface area contributed by atoms with Gasteiger partial charge in [0, 0.05) is 19.6 Å². The summed E-state index contributed by atoms with van der Waals surface area (Å²) in [6, 6.07) is 3.15. The molecule has 6 nitrogen and oxygen atoms in total. The van der Waals surface area contributed by atoms with Crippen molar-refractivity contribution in [3.63, 3.8) is 0 Å². The minimum absolute atomic E-state index is 0.105. The van der Waals surface area contributed by atoms with Crippen molar-refractivity contribution >= 4 is 6.03 Å². The number of amides is 2. The molecule has 0 radical (unpaired) electrons. The van der Waals surface area contributed by atoms with Gasteiger partial charge in [-0.25, -0.2) is 4.79 Å². The number of hydrogen-bond donors (Lipinski definition) is 3. The van der Waals surface area contributed by atoms with Crippen LogP contribution in [-0.4, -0.2) is 48.8 Å². The van der Waals surface area contributed by atoms with E-state index in [9.17, 15) is 9.90 Å². The highest BCUT2D eigenvalue weighted by atomic mass is 16.4. The Kier molecular flexibility index (Phi) is 6.69. The van der Waals surface area contributed by atoms with Gasteiger partial charge < -0.3 is 25.1 Å². The number of carbonyl (C=O) groups excluding carboxylic acids is 1. The maximum absolute atomic E-state index is 11.8. The first kappa shape index (κ1) is 18.8. The lowest BCUT2D eigenvalue weighted by Crippen LogP contribution is -2.44. The van der Waals surface area contributed by atoms with E-state index in [1.54, 1.807) is 19.1 Å². The van der Waals surface area contributed by atoms with Crippen molar-refractivity contribution in [3.8, 4) is 0 Å².